The van der Waals surface area contributed by atoms with Crippen LogP contribution in [0.5, 0.6) is 0 Å². The summed E-state index contributed by atoms with van der Waals surface area (Å²) in [5.74, 6) is 2.65. The van der Waals surface area contributed by atoms with Crippen LogP contribution in [0.15, 0.2) is 82.2 Å². The molecule has 0 radical (unpaired) electrons. The highest BCUT2D eigenvalue weighted by molar-refractivity contribution is 8.93. The molecule has 1 unspecified atom stereocenters. The van der Waals surface area contributed by atoms with Crippen molar-refractivity contribution in [2.24, 2.45) is 0 Å². The van der Waals surface area contributed by atoms with Crippen LogP contribution < -0.4 is 5.32 Å². The molecule has 18 heteroatoms. The number of carbonyl (C=O) groups is 2. The third-order valence-electron chi connectivity index (χ3n) is 12.2. The molecule has 4 aromatic heterocycles. The summed E-state index contributed by atoms with van der Waals surface area (Å²) >= 11 is 0. The Morgan fingerprint density at radius 3 is 2.52 bits per heavy atom. The fraction of sp³-hybridized carbons (Fsp3) is 0.378. The van der Waals surface area contributed by atoms with E-state index in [1.54, 1.807) is 12.3 Å². The molecule has 0 bridgehead atoms. The van der Waals surface area contributed by atoms with E-state index >= 15 is 4.79 Å². The number of aromatic amines is 2. The van der Waals surface area contributed by atoms with Crippen LogP contribution in [0.4, 0.5) is 5.69 Å². The van der Waals surface area contributed by atoms with Crippen molar-refractivity contribution in [3.05, 3.63) is 123 Å². The first-order chi connectivity index (χ1) is 30.0. The number of nitrogens with zero attached hydrogens (tertiary/aromatic N) is 6. The summed E-state index contributed by atoms with van der Waals surface area (Å²) in [6.45, 7) is 7.44. The first-order valence-electron chi connectivity index (χ1n) is 21.0. The normalized spacial score (nSPS) is 17.4. The number of likely N-dealkylation sites (N-methyl/N-ethyl adjacent to an activating group) is 2. The highest BCUT2D eigenvalue weighted by Gasteiger charge is 2.43. The molecule has 3 N–H and O–H groups in total. The topological polar surface area (TPSA) is 192 Å². The molecule has 0 spiro atoms. The number of morpholine rings is 1. The van der Waals surface area contributed by atoms with Crippen LogP contribution in [-0.4, -0.2) is 127 Å². The molecule has 2 saturated heterocycles. The number of halogens is 1. The van der Waals surface area contributed by atoms with E-state index in [0.29, 0.717) is 79.0 Å². The molecule has 0 saturated carbocycles. The molecule has 3 aromatic carbocycles. The Labute approximate surface area is 376 Å². The minimum atomic E-state index is -1.99. The molecule has 6 heterocycles. The largest absolute Gasteiger partial charge is 0.447 e. The molecule has 2 aliphatic heterocycles. The number of H-pyrrole nitrogens is 2. The van der Waals surface area contributed by atoms with Crippen LogP contribution >= 0.6 is 27.2 Å². The van der Waals surface area contributed by atoms with E-state index in [9.17, 15) is 14.9 Å². The molecule has 2 fully saturated rings. The van der Waals surface area contributed by atoms with E-state index < -0.39 is 21.2 Å². The SMILES string of the molecule is Br.Cc1[nH]c2ccc(C(=O)S3(N4CCOC(C(=O)c5ccc6[nH]cc(CCN(C)Cc7cnco7)c6c5)C4)CCNCC3)cc2c1CCN(C)Cc1nc2ccc([N+](=O)[O-])cc2o1. The van der Waals surface area contributed by atoms with Gasteiger partial charge in [-0.05, 0) is 87.5 Å². The van der Waals surface area contributed by atoms with Crippen molar-refractivity contribution in [3.63, 3.8) is 0 Å². The predicted molar refractivity (Wildman–Crippen MR) is 249 cm³/mol. The number of nitro groups is 1. The number of ketones is 1. The van der Waals surface area contributed by atoms with Gasteiger partial charge in [-0.3, -0.25) is 33.8 Å². The minimum Gasteiger partial charge on any atom is -0.447 e. The van der Waals surface area contributed by atoms with E-state index in [2.05, 4.69) is 52.3 Å². The Kier molecular flexibility index (Phi) is 13.3. The quantitative estimate of drug-likeness (QED) is 0.0543. The molecule has 9 rings (SSSR count). The first-order valence-corrected chi connectivity index (χ1v) is 22.9. The zero-order valence-corrected chi connectivity index (χ0v) is 38.1. The number of benzene rings is 3. The highest BCUT2D eigenvalue weighted by Crippen LogP contribution is 2.55. The maximum atomic E-state index is 15.0. The summed E-state index contributed by atoms with van der Waals surface area (Å²) in [7, 11) is 2.04. The van der Waals surface area contributed by atoms with Crippen LogP contribution in [0, 0.1) is 17.0 Å². The third-order valence-corrected chi connectivity index (χ3v) is 16.3. The molecule has 7 aromatic rings. The number of non-ortho nitro benzene ring substituents is 1. The Morgan fingerprint density at radius 2 is 1.73 bits per heavy atom. The number of nitro benzene ring substituents is 1. The van der Waals surface area contributed by atoms with Gasteiger partial charge in [0.15, 0.2) is 17.8 Å². The summed E-state index contributed by atoms with van der Waals surface area (Å²) in [6.07, 6.45) is 6.02. The van der Waals surface area contributed by atoms with E-state index in [-0.39, 0.29) is 33.6 Å². The van der Waals surface area contributed by atoms with Crippen LogP contribution in [0.3, 0.4) is 0 Å². The average molecular weight is 943 g/mol. The van der Waals surface area contributed by atoms with Crippen molar-refractivity contribution in [2.45, 2.75) is 39.0 Å². The maximum absolute atomic E-state index is 15.0. The number of Topliss-reactive ketones (excluding diaryl/α,β-unsaturated/α-hetero) is 1. The summed E-state index contributed by atoms with van der Waals surface area (Å²) < 4.78 is 19.8. The van der Waals surface area contributed by atoms with Crippen molar-refractivity contribution in [1.29, 1.82) is 0 Å². The summed E-state index contributed by atoms with van der Waals surface area (Å²) in [4.78, 5) is 59.8. The maximum Gasteiger partial charge on any atom is 0.273 e. The standard InChI is InChI=1S/C45H51N9O7S.BrH/c1-29-35(11-15-52(3)27-43-50-40-9-6-33(54(57)58)22-41(40)61-43)37-21-31(5-8-39(37)49-29)45(56)62(18-12-46-13-19-62)53-16-17-59-42(26-53)44(55)30-4-7-38-36(20-30)32(23-48-38)10-14-51(2)25-34-24-47-28-60-34;/h4-9,20-24,28,42,46,48-49H,10-19,25-27H2,1-3H3;1H. The monoisotopic (exact) mass is 941 g/mol. The third kappa shape index (κ3) is 9.25. The van der Waals surface area contributed by atoms with Crippen LogP contribution in [0.25, 0.3) is 32.9 Å². The Bertz CT molecular complexity index is 2760. The number of oxazole rings is 2. The summed E-state index contributed by atoms with van der Waals surface area (Å²) in [5, 5.41) is 16.9. The lowest BCUT2D eigenvalue weighted by Crippen LogP contribution is -2.53. The van der Waals surface area contributed by atoms with Gasteiger partial charge in [-0.15, -0.1) is 27.2 Å². The number of aryl methyl sites for hydroxylation is 1. The number of hydrogen-bond donors (Lipinski definition) is 3. The van der Waals surface area contributed by atoms with Crippen molar-refractivity contribution >= 4 is 76.7 Å². The van der Waals surface area contributed by atoms with Crippen LogP contribution in [0.2, 0.25) is 0 Å². The molecule has 16 nitrogen and oxygen atoms in total. The Hall–Kier alpha value is -5.21. The van der Waals surface area contributed by atoms with Gasteiger partial charge in [0.05, 0.1) is 36.9 Å². The Balaban J connectivity index is 0.00000544. The van der Waals surface area contributed by atoms with E-state index in [1.807, 2.05) is 50.6 Å². The lowest BCUT2D eigenvalue weighted by Gasteiger charge is -2.52. The van der Waals surface area contributed by atoms with Gasteiger partial charge in [0, 0.05) is 102 Å². The van der Waals surface area contributed by atoms with Crippen molar-refractivity contribution < 1.29 is 28.1 Å². The van der Waals surface area contributed by atoms with Gasteiger partial charge < -0.3 is 28.9 Å². The van der Waals surface area contributed by atoms with Gasteiger partial charge in [-0.2, -0.15) is 0 Å². The number of carbonyl (C=O) groups excluding carboxylic acids is 2. The number of hydrogen-bond acceptors (Lipinski definition) is 13. The molecular weight excluding hydrogens is 891 g/mol. The van der Waals surface area contributed by atoms with Gasteiger partial charge in [-0.1, -0.05) is 0 Å². The van der Waals surface area contributed by atoms with Crippen LogP contribution in [0.1, 0.15) is 49.2 Å². The van der Waals surface area contributed by atoms with Crippen molar-refractivity contribution in [3.8, 4) is 0 Å². The second kappa shape index (κ2) is 18.9. The molecule has 0 aliphatic carbocycles. The Morgan fingerprint density at radius 1 is 0.968 bits per heavy atom. The van der Waals surface area contributed by atoms with Crippen LogP contribution in [-0.2, 0) is 30.7 Å². The molecule has 332 valence electrons. The zero-order chi connectivity index (χ0) is 43.0. The lowest BCUT2D eigenvalue weighted by atomic mass is 10.0. The summed E-state index contributed by atoms with van der Waals surface area (Å²) in [5.41, 5.74) is 7.50. The number of nitrogens with one attached hydrogen (secondary N) is 3. The average Bonchev–Trinajstić information content (AvgIpc) is 4.10. The van der Waals surface area contributed by atoms with Crippen molar-refractivity contribution in [2.75, 3.05) is 71.5 Å². The molecule has 63 heavy (non-hydrogen) atoms. The van der Waals surface area contributed by atoms with Gasteiger partial charge in [0.25, 0.3) is 5.69 Å². The number of fused-ring (bicyclic) bond motifs is 3. The number of aromatic nitrogens is 4. The minimum absolute atomic E-state index is 0. The molecule has 2 aliphatic rings. The van der Waals surface area contributed by atoms with Crippen molar-refractivity contribution in [1.82, 2.24) is 39.4 Å². The molecule has 0 amide bonds. The smallest absolute Gasteiger partial charge is 0.273 e. The highest BCUT2D eigenvalue weighted by atomic mass is 79.9. The zero-order valence-electron chi connectivity index (χ0n) is 35.6. The number of ether oxygens (including phenoxy) is 1. The van der Waals surface area contributed by atoms with Gasteiger partial charge >= 0.3 is 0 Å². The molecular formula is C45H52BrN9O7S. The van der Waals surface area contributed by atoms with Gasteiger partial charge in [0.2, 0.25) is 11.0 Å². The first kappa shape index (κ1) is 44.4. The molecule has 1 atom stereocenters. The van der Waals surface area contributed by atoms with Gasteiger partial charge in [-0.25, -0.2) is 9.97 Å². The number of rotatable bonds is 15. The lowest BCUT2D eigenvalue weighted by molar-refractivity contribution is -0.384. The fourth-order valence-electron chi connectivity index (χ4n) is 8.88. The second-order valence-electron chi connectivity index (χ2n) is 16.4. The van der Waals surface area contributed by atoms with Gasteiger partial charge in [0.1, 0.15) is 17.4 Å². The predicted octanol–water partition coefficient (Wildman–Crippen LogP) is 6.97. The van der Waals surface area contributed by atoms with E-state index in [1.165, 1.54) is 18.5 Å². The second-order valence-corrected chi connectivity index (χ2v) is 19.8. The van der Waals surface area contributed by atoms with E-state index in [4.69, 9.17) is 13.6 Å². The summed E-state index contributed by atoms with van der Waals surface area (Å²) in [6, 6.07) is 16.3. The fourth-order valence-corrected chi connectivity index (χ4v) is 12.6. The van der Waals surface area contributed by atoms with E-state index in [0.717, 1.165) is 76.9 Å².